The molecule has 0 saturated heterocycles. The van der Waals surface area contributed by atoms with Crippen LogP contribution in [0.15, 0.2) is 64.0 Å². The average Bonchev–Trinajstić information content (AvgIpc) is 3.12. The highest BCUT2D eigenvalue weighted by atomic mass is 32.2. The molecule has 0 atom stereocenters. The van der Waals surface area contributed by atoms with Crippen molar-refractivity contribution in [3.05, 3.63) is 71.9 Å². The molecule has 1 aromatic heterocycles. The quantitative estimate of drug-likeness (QED) is 0.446. The van der Waals surface area contributed by atoms with E-state index in [9.17, 15) is 4.79 Å². The van der Waals surface area contributed by atoms with E-state index in [1.807, 2.05) is 54.6 Å². The van der Waals surface area contributed by atoms with Crippen LogP contribution in [0.25, 0.3) is 0 Å². The van der Waals surface area contributed by atoms with Crippen molar-refractivity contribution < 1.29 is 14.1 Å². The summed E-state index contributed by atoms with van der Waals surface area (Å²) in [6.07, 6.45) is 0.734. The van der Waals surface area contributed by atoms with Crippen molar-refractivity contribution in [2.45, 2.75) is 24.0 Å². The molecule has 3 rings (SSSR count). The fourth-order valence-corrected chi connectivity index (χ4v) is 3.29. The van der Waals surface area contributed by atoms with Crippen LogP contribution in [-0.4, -0.2) is 29.2 Å². The van der Waals surface area contributed by atoms with Gasteiger partial charge in [-0.15, -0.1) is 11.8 Å². The van der Waals surface area contributed by atoms with Gasteiger partial charge in [0.05, 0.1) is 17.9 Å². The summed E-state index contributed by atoms with van der Waals surface area (Å²) in [6.45, 7) is 2.86. The number of carbonyl (C=O) groups excluding carboxylic acids is 1. The van der Waals surface area contributed by atoms with Gasteiger partial charge in [0.1, 0.15) is 5.75 Å². The molecule has 3 aromatic rings. The predicted molar refractivity (Wildman–Crippen MR) is 104 cm³/mol. The molecule has 1 N–H and O–H groups in total. The number of aryl methyl sites for hydroxylation is 1. The van der Waals surface area contributed by atoms with E-state index in [-0.39, 0.29) is 5.91 Å². The Hall–Kier alpha value is -2.80. The van der Waals surface area contributed by atoms with Crippen molar-refractivity contribution in [3.63, 3.8) is 0 Å². The van der Waals surface area contributed by atoms with Crippen LogP contribution in [0.4, 0.5) is 0 Å². The molecule has 27 heavy (non-hydrogen) atoms. The fraction of sp³-hybridized carbons (Fsp3) is 0.250. The van der Waals surface area contributed by atoms with Crippen molar-refractivity contribution in [1.29, 1.82) is 0 Å². The third-order valence-electron chi connectivity index (χ3n) is 3.68. The lowest BCUT2D eigenvalue weighted by Gasteiger charge is -2.10. The number of thioether (sulfide) groups is 1. The lowest BCUT2D eigenvalue weighted by molar-refractivity contribution is 0.0948. The minimum Gasteiger partial charge on any atom is -0.494 e. The van der Waals surface area contributed by atoms with Gasteiger partial charge in [-0.05, 0) is 30.7 Å². The number of carbonyl (C=O) groups is 1. The normalized spacial score (nSPS) is 10.6. The van der Waals surface area contributed by atoms with Gasteiger partial charge in [-0.25, -0.2) is 0 Å². The van der Waals surface area contributed by atoms with E-state index in [0.29, 0.717) is 36.2 Å². The van der Waals surface area contributed by atoms with Crippen LogP contribution < -0.4 is 10.1 Å². The predicted octanol–water partition coefficient (Wildman–Crippen LogP) is 3.87. The Morgan fingerprint density at radius 3 is 2.70 bits per heavy atom. The number of amides is 1. The van der Waals surface area contributed by atoms with Crippen LogP contribution in [0.5, 0.6) is 5.75 Å². The fourth-order valence-electron chi connectivity index (χ4n) is 2.40. The summed E-state index contributed by atoms with van der Waals surface area (Å²) in [4.78, 5) is 17.6. The van der Waals surface area contributed by atoms with Crippen LogP contribution in [0, 0.1) is 6.92 Å². The molecule has 1 heterocycles. The number of nitrogens with zero attached hydrogens (tertiary/aromatic N) is 2. The number of benzene rings is 2. The summed E-state index contributed by atoms with van der Waals surface area (Å²) < 4.78 is 10.6. The summed E-state index contributed by atoms with van der Waals surface area (Å²) in [5.74, 6) is 2.44. The molecule has 140 valence electrons. The van der Waals surface area contributed by atoms with E-state index in [2.05, 4.69) is 15.5 Å². The second kappa shape index (κ2) is 9.78. The van der Waals surface area contributed by atoms with Gasteiger partial charge in [-0.2, -0.15) is 4.98 Å². The van der Waals surface area contributed by atoms with Crippen LogP contribution >= 0.6 is 11.8 Å². The topological polar surface area (TPSA) is 77.2 Å². The van der Waals surface area contributed by atoms with Gasteiger partial charge in [0, 0.05) is 18.4 Å². The minimum atomic E-state index is -0.0953. The van der Waals surface area contributed by atoms with Gasteiger partial charge in [-0.1, -0.05) is 35.5 Å². The Morgan fingerprint density at radius 2 is 1.93 bits per heavy atom. The molecule has 1 amide bonds. The molecule has 6 nitrogen and oxygen atoms in total. The highest BCUT2D eigenvalue weighted by Crippen LogP contribution is 2.25. The zero-order valence-electron chi connectivity index (χ0n) is 15.1. The molecule has 0 aliphatic heterocycles. The van der Waals surface area contributed by atoms with Gasteiger partial charge in [0.2, 0.25) is 5.89 Å². The number of hydrogen-bond donors (Lipinski definition) is 1. The molecule has 2 aromatic carbocycles. The molecule has 0 unspecified atom stereocenters. The zero-order valence-corrected chi connectivity index (χ0v) is 15.9. The number of rotatable bonds is 9. The van der Waals surface area contributed by atoms with Gasteiger partial charge in [0.15, 0.2) is 5.82 Å². The molecule has 0 spiro atoms. The maximum absolute atomic E-state index is 12.5. The maximum atomic E-state index is 12.5. The summed E-state index contributed by atoms with van der Waals surface area (Å²) in [5, 5.41) is 6.82. The van der Waals surface area contributed by atoms with E-state index in [4.69, 9.17) is 9.26 Å². The zero-order chi connectivity index (χ0) is 18.9. The first kappa shape index (κ1) is 19.0. The first-order valence-corrected chi connectivity index (χ1v) is 9.68. The first-order valence-electron chi connectivity index (χ1n) is 8.69. The number of para-hydroxylation sites is 1. The lowest BCUT2D eigenvalue weighted by atomic mass is 10.2. The highest BCUT2D eigenvalue weighted by molar-refractivity contribution is 7.98. The molecule has 7 heteroatoms. The van der Waals surface area contributed by atoms with Crippen molar-refractivity contribution >= 4 is 17.7 Å². The highest BCUT2D eigenvalue weighted by Gasteiger charge is 2.12. The summed E-state index contributed by atoms with van der Waals surface area (Å²) in [6, 6.07) is 17.1. The van der Waals surface area contributed by atoms with Crippen LogP contribution in [0.1, 0.15) is 28.5 Å². The van der Waals surface area contributed by atoms with E-state index in [1.54, 1.807) is 6.92 Å². The van der Waals surface area contributed by atoms with E-state index in [1.165, 1.54) is 11.8 Å². The van der Waals surface area contributed by atoms with Gasteiger partial charge >= 0.3 is 0 Å². The lowest BCUT2D eigenvalue weighted by Crippen LogP contribution is -2.26. The second-order valence-electron chi connectivity index (χ2n) is 5.79. The van der Waals surface area contributed by atoms with E-state index >= 15 is 0 Å². The number of aromatic nitrogens is 2. The first-order chi connectivity index (χ1) is 13.2. The van der Waals surface area contributed by atoms with Gasteiger partial charge < -0.3 is 14.6 Å². The standard InChI is InChI=1S/C20H21N3O3S/c1-15-22-19(23-26-15)14-27-18-11-6-5-10-17(18)20(24)21-12-7-13-25-16-8-3-2-4-9-16/h2-6,8-11H,7,12-14H2,1H3,(H,21,24). The molecule has 0 aliphatic carbocycles. The smallest absolute Gasteiger partial charge is 0.252 e. The third kappa shape index (κ3) is 5.86. The average molecular weight is 383 g/mol. The van der Waals surface area contributed by atoms with Crippen molar-refractivity contribution in [2.24, 2.45) is 0 Å². The van der Waals surface area contributed by atoms with Crippen molar-refractivity contribution in [3.8, 4) is 5.75 Å². The molecule has 0 saturated carbocycles. The Balaban J connectivity index is 1.46. The van der Waals surface area contributed by atoms with E-state index < -0.39 is 0 Å². The Kier molecular flexibility index (Phi) is 6.87. The van der Waals surface area contributed by atoms with Gasteiger partial charge in [-0.3, -0.25) is 4.79 Å². The molecular formula is C20H21N3O3S. The molecule has 0 radical (unpaired) electrons. The Labute approximate surface area is 162 Å². The molecular weight excluding hydrogens is 362 g/mol. The van der Waals surface area contributed by atoms with Crippen LogP contribution in [0.2, 0.25) is 0 Å². The summed E-state index contributed by atoms with van der Waals surface area (Å²) >= 11 is 1.51. The Morgan fingerprint density at radius 1 is 1.15 bits per heavy atom. The SMILES string of the molecule is Cc1nc(CSc2ccccc2C(=O)NCCCOc2ccccc2)no1. The minimum absolute atomic E-state index is 0.0953. The monoisotopic (exact) mass is 383 g/mol. The maximum Gasteiger partial charge on any atom is 0.252 e. The number of ether oxygens (including phenoxy) is 1. The third-order valence-corrected chi connectivity index (χ3v) is 4.75. The molecule has 0 aliphatic rings. The largest absolute Gasteiger partial charge is 0.494 e. The molecule has 0 fully saturated rings. The second-order valence-corrected chi connectivity index (χ2v) is 6.80. The van der Waals surface area contributed by atoms with Gasteiger partial charge in [0.25, 0.3) is 5.91 Å². The van der Waals surface area contributed by atoms with Crippen LogP contribution in [0.3, 0.4) is 0 Å². The van der Waals surface area contributed by atoms with E-state index in [0.717, 1.165) is 17.1 Å². The van der Waals surface area contributed by atoms with Crippen LogP contribution in [-0.2, 0) is 5.75 Å². The van der Waals surface area contributed by atoms with Crippen molar-refractivity contribution in [1.82, 2.24) is 15.5 Å². The number of nitrogens with one attached hydrogen (secondary N) is 1. The Bertz CT molecular complexity index is 868. The summed E-state index contributed by atoms with van der Waals surface area (Å²) in [7, 11) is 0. The van der Waals surface area contributed by atoms with Crippen molar-refractivity contribution in [2.75, 3.05) is 13.2 Å². The summed E-state index contributed by atoms with van der Waals surface area (Å²) in [5.41, 5.74) is 0.645. The molecule has 0 bridgehead atoms. The number of hydrogen-bond acceptors (Lipinski definition) is 6.